The van der Waals surface area contributed by atoms with Gasteiger partial charge in [0.05, 0.1) is 18.0 Å². The zero-order valence-electron chi connectivity index (χ0n) is 16.0. The van der Waals surface area contributed by atoms with Crippen LogP contribution in [0.4, 0.5) is 4.39 Å². The van der Waals surface area contributed by atoms with Crippen LogP contribution in [0.1, 0.15) is 24.8 Å². The number of para-hydroxylation sites is 1. The smallest absolute Gasteiger partial charge is 0.332 e. The third-order valence-electron chi connectivity index (χ3n) is 5.16. The van der Waals surface area contributed by atoms with Crippen LogP contribution in [0.25, 0.3) is 22.3 Å². The molecule has 1 aliphatic carbocycles. The molecule has 2 heterocycles. The van der Waals surface area contributed by atoms with Gasteiger partial charge in [-0.2, -0.15) is 4.98 Å². The predicted octanol–water partition coefficient (Wildman–Crippen LogP) is 2.74. The number of nitrogens with zero attached hydrogens (tertiary/aromatic N) is 4. The fourth-order valence-electron chi connectivity index (χ4n) is 3.52. The van der Waals surface area contributed by atoms with Crippen LogP contribution in [-0.2, 0) is 6.54 Å². The van der Waals surface area contributed by atoms with Gasteiger partial charge in [0, 0.05) is 11.6 Å². The van der Waals surface area contributed by atoms with Crippen molar-refractivity contribution in [1.82, 2.24) is 19.3 Å². The van der Waals surface area contributed by atoms with E-state index in [9.17, 15) is 14.0 Å². The minimum atomic E-state index is -0.542. The van der Waals surface area contributed by atoms with Crippen molar-refractivity contribution in [1.29, 1.82) is 0 Å². The maximum atomic E-state index is 14.0. The molecule has 0 N–H and O–H groups in total. The minimum absolute atomic E-state index is 0.00200. The topological polar surface area (TPSA) is 92.2 Å². The van der Waals surface area contributed by atoms with Gasteiger partial charge in [-0.25, -0.2) is 9.18 Å². The van der Waals surface area contributed by atoms with Crippen molar-refractivity contribution in [2.75, 3.05) is 7.11 Å². The van der Waals surface area contributed by atoms with Gasteiger partial charge in [-0.1, -0.05) is 17.3 Å². The van der Waals surface area contributed by atoms with Crippen LogP contribution in [0.5, 0.6) is 5.75 Å². The van der Waals surface area contributed by atoms with Crippen molar-refractivity contribution in [3.05, 3.63) is 75.0 Å². The third-order valence-corrected chi connectivity index (χ3v) is 5.16. The molecule has 2 aromatic carbocycles. The first kappa shape index (κ1) is 18.3. The van der Waals surface area contributed by atoms with Gasteiger partial charge in [-0.05, 0) is 43.2 Å². The molecule has 1 saturated carbocycles. The van der Waals surface area contributed by atoms with Gasteiger partial charge in [0.2, 0.25) is 11.7 Å². The number of hydrogen-bond acceptors (Lipinski definition) is 6. The van der Waals surface area contributed by atoms with Crippen molar-refractivity contribution in [3.63, 3.8) is 0 Å². The standard InChI is InChI=1S/C21H17FN4O4/c1-29-17-9-6-12(10-15(17)22)19-23-18(30-24-19)11-25-16-5-3-2-4-14(16)20(27)26(21(25)28)13-7-8-13/h2-6,9-10,13H,7-8,11H2,1H3. The second-order valence-electron chi connectivity index (χ2n) is 7.15. The molecule has 30 heavy (non-hydrogen) atoms. The first-order chi connectivity index (χ1) is 14.6. The van der Waals surface area contributed by atoms with Crippen LogP contribution >= 0.6 is 0 Å². The molecule has 2 aromatic heterocycles. The lowest BCUT2D eigenvalue weighted by Crippen LogP contribution is -2.39. The fraction of sp³-hybridized carbons (Fsp3) is 0.238. The number of aromatic nitrogens is 4. The summed E-state index contributed by atoms with van der Waals surface area (Å²) in [6.07, 6.45) is 1.61. The van der Waals surface area contributed by atoms with E-state index in [2.05, 4.69) is 10.1 Å². The Morgan fingerprint density at radius 2 is 2.00 bits per heavy atom. The highest BCUT2D eigenvalue weighted by atomic mass is 19.1. The van der Waals surface area contributed by atoms with E-state index in [1.165, 1.54) is 28.4 Å². The number of rotatable bonds is 5. The van der Waals surface area contributed by atoms with Crippen LogP contribution in [0.3, 0.4) is 0 Å². The molecule has 0 amide bonds. The Hall–Kier alpha value is -3.75. The van der Waals surface area contributed by atoms with E-state index in [1.54, 1.807) is 30.3 Å². The lowest BCUT2D eigenvalue weighted by Gasteiger charge is -2.12. The van der Waals surface area contributed by atoms with Gasteiger partial charge in [-0.3, -0.25) is 13.9 Å². The summed E-state index contributed by atoms with van der Waals surface area (Å²) in [5.74, 6) is -0.0585. The summed E-state index contributed by atoms with van der Waals surface area (Å²) >= 11 is 0. The third kappa shape index (κ3) is 2.99. The molecule has 5 rings (SSSR count). The molecule has 0 aliphatic heterocycles. The number of fused-ring (bicyclic) bond motifs is 1. The summed E-state index contributed by atoms with van der Waals surface area (Å²) in [7, 11) is 1.38. The second-order valence-corrected chi connectivity index (χ2v) is 7.15. The summed E-state index contributed by atoms with van der Waals surface area (Å²) in [5, 5.41) is 4.36. The normalized spacial score (nSPS) is 13.7. The Balaban J connectivity index is 1.57. The van der Waals surface area contributed by atoms with Crippen molar-refractivity contribution < 1.29 is 13.7 Å². The van der Waals surface area contributed by atoms with Crippen LogP contribution in [0.15, 0.2) is 56.6 Å². The molecule has 0 unspecified atom stereocenters. The van der Waals surface area contributed by atoms with Crippen LogP contribution in [0.2, 0.25) is 0 Å². The van der Waals surface area contributed by atoms with Gasteiger partial charge < -0.3 is 9.26 Å². The molecule has 9 heteroatoms. The number of halogens is 1. The van der Waals surface area contributed by atoms with E-state index in [0.717, 1.165) is 12.8 Å². The Labute approximate surface area is 169 Å². The van der Waals surface area contributed by atoms with Crippen molar-refractivity contribution in [2.24, 2.45) is 0 Å². The van der Waals surface area contributed by atoms with Crippen molar-refractivity contribution in [2.45, 2.75) is 25.4 Å². The highest BCUT2D eigenvalue weighted by molar-refractivity contribution is 5.78. The first-order valence-electron chi connectivity index (χ1n) is 9.47. The van der Waals surface area contributed by atoms with Gasteiger partial charge in [-0.15, -0.1) is 0 Å². The molecule has 0 bridgehead atoms. The maximum Gasteiger partial charge on any atom is 0.332 e. The van der Waals surface area contributed by atoms with Gasteiger partial charge in [0.1, 0.15) is 6.54 Å². The average Bonchev–Trinajstić information content (AvgIpc) is 3.47. The second kappa shape index (κ2) is 6.94. The summed E-state index contributed by atoms with van der Waals surface area (Å²) in [6.45, 7) is -0.00200. The maximum absolute atomic E-state index is 14.0. The zero-order chi connectivity index (χ0) is 20.8. The monoisotopic (exact) mass is 408 g/mol. The van der Waals surface area contributed by atoms with Crippen molar-refractivity contribution >= 4 is 10.9 Å². The van der Waals surface area contributed by atoms with Gasteiger partial charge in [0.25, 0.3) is 5.56 Å². The highest BCUT2D eigenvalue weighted by Crippen LogP contribution is 2.32. The van der Waals surface area contributed by atoms with E-state index in [1.807, 2.05) is 0 Å². The SMILES string of the molecule is COc1ccc(-c2noc(Cn3c(=O)n(C4CC4)c(=O)c4ccccc43)n2)cc1F. The first-order valence-corrected chi connectivity index (χ1v) is 9.47. The lowest BCUT2D eigenvalue weighted by atomic mass is 10.2. The summed E-state index contributed by atoms with van der Waals surface area (Å²) in [6, 6.07) is 11.2. The minimum Gasteiger partial charge on any atom is -0.494 e. The summed E-state index contributed by atoms with van der Waals surface area (Å²) in [5.41, 5.74) is 0.230. The number of hydrogen-bond donors (Lipinski definition) is 0. The molecule has 152 valence electrons. The van der Waals surface area contributed by atoms with E-state index < -0.39 is 11.5 Å². The van der Waals surface area contributed by atoms with E-state index >= 15 is 0 Å². The molecular formula is C21H17FN4O4. The van der Waals surface area contributed by atoms with Crippen molar-refractivity contribution in [3.8, 4) is 17.1 Å². The van der Waals surface area contributed by atoms with E-state index in [0.29, 0.717) is 16.5 Å². The number of ether oxygens (including phenoxy) is 1. The highest BCUT2D eigenvalue weighted by Gasteiger charge is 2.29. The zero-order valence-corrected chi connectivity index (χ0v) is 16.0. The molecule has 0 saturated heterocycles. The Bertz CT molecular complexity index is 1380. The predicted molar refractivity (Wildman–Crippen MR) is 106 cm³/mol. The molecule has 1 fully saturated rings. The Morgan fingerprint density at radius 1 is 1.20 bits per heavy atom. The molecule has 0 spiro atoms. The molecule has 0 atom stereocenters. The van der Waals surface area contributed by atoms with Gasteiger partial charge >= 0.3 is 5.69 Å². The quantitative estimate of drug-likeness (QED) is 0.504. The summed E-state index contributed by atoms with van der Waals surface area (Å²) < 4.78 is 27.0. The van der Waals surface area contributed by atoms with Gasteiger partial charge in [0.15, 0.2) is 11.6 Å². The van der Waals surface area contributed by atoms with E-state index in [-0.39, 0.29) is 35.6 Å². The molecular weight excluding hydrogens is 391 g/mol. The van der Waals surface area contributed by atoms with Crippen LogP contribution < -0.4 is 16.0 Å². The Morgan fingerprint density at radius 3 is 2.73 bits per heavy atom. The van der Waals surface area contributed by atoms with Crippen LogP contribution in [0, 0.1) is 5.82 Å². The molecule has 1 aliphatic rings. The fourth-order valence-corrected chi connectivity index (χ4v) is 3.52. The number of benzene rings is 2. The average molecular weight is 408 g/mol. The lowest BCUT2D eigenvalue weighted by molar-refractivity contribution is 0.369. The summed E-state index contributed by atoms with van der Waals surface area (Å²) in [4.78, 5) is 30.1. The molecule has 0 radical (unpaired) electrons. The largest absolute Gasteiger partial charge is 0.494 e. The van der Waals surface area contributed by atoms with Crippen LogP contribution in [-0.4, -0.2) is 26.4 Å². The molecule has 4 aromatic rings. The Kier molecular flexibility index (Phi) is 4.23. The number of methoxy groups -OCH3 is 1. The molecule has 8 nitrogen and oxygen atoms in total. The van der Waals surface area contributed by atoms with E-state index in [4.69, 9.17) is 9.26 Å².